The first-order valence-electron chi connectivity index (χ1n) is 7.22. The van der Waals surface area contributed by atoms with E-state index in [0.29, 0.717) is 6.54 Å². The van der Waals surface area contributed by atoms with E-state index >= 15 is 0 Å². The summed E-state index contributed by atoms with van der Waals surface area (Å²) in [7, 11) is 0. The second-order valence-electron chi connectivity index (χ2n) is 4.92. The number of aliphatic imine (C=N–C) groups is 1. The lowest BCUT2D eigenvalue weighted by Crippen LogP contribution is -3.00. The molecule has 0 radical (unpaired) electrons. The van der Waals surface area contributed by atoms with E-state index in [2.05, 4.69) is 52.5 Å². The molecule has 6 heteroatoms. The first-order chi connectivity index (χ1) is 9.65. The molecule has 0 atom stereocenters. The third kappa shape index (κ3) is 4.11. The van der Waals surface area contributed by atoms with Crippen LogP contribution >= 0.6 is 0 Å². The third-order valence-corrected chi connectivity index (χ3v) is 3.54. The molecule has 0 unspecified atom stereocenters. The number of hydrogen-bond acceptors (Lipinski definition) is 1. The smallest absolute Gasteiger partial charge is 0.244 e. The van der Waals surface area contributed by atoms with E-state index in [9.17, 15) is 0 Å². The Morgan fingerprint density at radius 1 is 1.29 bits per heavy atom. The van der Waals surface area contributed by atoms with Gasteiger partial charge < -0.3 is 23.9 Å². The van der Waals surface area contributed by atoms with Gasteiger partial charge in [0.25, 0.3) is 0 Å². The summed E-state index contributed by atoms with van der Waals surface area (Å²) in [4.78, 5) is 4.02. The average Bonchev–Trinajstić information content (AvgIpc) is 2.80. The molecule has 0 aliphatic rings. The molecule has 0 saturated carbocycles. The summed E-state index contributed by atoms with van der Waals surface area (Å²) in [6, 6.07) is 6.69. The van der Waals surface area contributed by atoms with E-state index < -0.39 is 0 Å². The molecule has 1 aromatic heterocycles. The quantitative estimate of drug-likeness (QED) is 0.285. The van der Waals surface area contributed by atoms with Gasteiger partial charge in [-0.2, -0.15) is 0 Å². The highest BCUT2D eigenvalue weighted by atomic mass is 35.5. The number of rotatable bonds is 6. The molecule has 5 nitrogen and oxygen atoms in total. The highest BCUT2D eigenvalue weighted by Gasteiger charge is 2.13. The van der Waals surface area contributed by atoms with Gasteiger partial charge in [-0.15, -0.1) is 0 Å². The lowest BCUT2D eigenvalue weighted by atomic mass is 10.1. The largest absolute Gasteiger partial charge is 1.00 e. The van der Waals surface area contributed by atoms with Crippen molar-refractivity contribution in [2.45, 2.75) is 39.8 Å². The molecule has 2 rings (SSSR count). The summed E-state index contributed by atoms with van der Waals surface area (Å²) < 4.78 is 4.57. The maximum atomic E-state index is 5.32. The standard InChI is InChI=1S/C15H24N5.ClH/c1-3-19-11-20(4-2)14-10-12(7-8-13(14)19)6-5-9-18-15(16)17;/h7-8,10-11H,3-6,9H2,1-2H3,(H4,16,17,18);1H/q+1;/p-1. The van der Waals surface area contributed by atoms with Crippen LogP contribution in [0.2, 0.25) is 0 Å². The molecule has 0 fully saturated rings. The van der Waals surface area contributed by atoms with Crippen molar-refractivity contribution in [2.24, 2.45) is 16.5 Å². The van der Waals surface area contributed by atoms with Crippen molar-refractivity contribution in [3.8, 4) is 0 Å². The van der Waals surface area contributed by atoms with E-state index in [1.807, 2.05) is 0 Å². The Bertz CT molecular complexity index is 614. The van der Waals surface area contributed by atoms with Gasteiger partial charge in [0.15, 0.2) is 17.0 Å². The fraction of sp³-hybridized carbons (Fsp3) is 0.467. The average molecular weight is 310 g/mol. The number of imidazole rings is 1. The Morgan fingerprint density at radius 2 is 2.05 bits per heavy atom. The zero-order valence-corrected chi connectivity index (χ0v) is 13.5. The Labute approximate surface area is 132 Å². The monoisotopic (exact) mass is 309 g/mol. The van der Waals surface area contributed by atoms with Crippen molar-refractivity contribution < 1.29 is 17.0 Å². The van der Waals surface area contributed by atoms with Crippen LogP contribution < -0.4 is 28.4 Å². The summed E-state index contributed by atoms with van der Waals surface area (Å²) in [5.41, 5.74) is 14.6. The number of nitrogens with two attached hydrogens (primary N) is 2. The summed E-state index contributed by atoms with van der Waals surface area (Å²) in [5, 5.41) is 0. The number of guanidine groups is 1. The molecule has 0 spiro atoms. The van der Waals surface area contributed by atoms with Crippen LogP contribution in [-0.2, 0) is 19.5 Å². The zero-order valence-electron chi connectivity index (χ0n) is 12.7. The van der Waals surface area contributed by atoms with Crippen LogP contribution in [0.5, 0.6) is 0 Å². The minimum Gasteiger partial charge on any atom is -1.00 e. The fourth-order valence-corrected chi connectivity index (χ4v) is 2.49. The van der Waals surface area contributed by atoms with Crippen LogP contribution in [0.1, 0.15) is 25.8 Å². The second kappa shape index (κ2) is 7.88. The molecule has 0 amide bonds. The Kier molecular flexibility index (Phi) is 6.49. The number of benzene rings is 1. The van der Waals surface area contributed by atoms with Crippen LogP contribution in [-0.4, -0.2) is 17.1 Å². The van der Waals surface area contributed by atoms with Crippen LogP contribution in [0.25, 0.3) is 11.0 Å². The van der Waals surface area contributed by atoms with Gasteiger partial charge >= 0.3 is 0 Å². The Balaban J connectivity index is 0.00000220. The molecule has 21 heavy (non-hydrogen) atoms. The van der Waals surface area contributed by atoms with E-state index in [-0.39, 0.29) is 18.4 Å². The summed E-state index contributed by atoms with van der Waals surface area (Å²) >= 11 is 0. The summed E-state index contributed by atoms with van der Waals surface area (Å²) in [6.45, 7) is 7.01. The van der Waals surface area contributed by atoms with Crippen molar-refractivity contribution in [1.82, 2.24) is 4.57 Å². The predicted molar refractivity (Wildman–Crippen MR) is 82.5 cm³/mol. The van der Waals surface area contributed by atoms with Gasteiger partial charge in [-0.1, -0.05) is 6.07 Å². The van der Waals surface area contributed by atoms with E-state index in [4.69, 9.17) is 11.5 Å². The van der Waals surface area contributed by atoms with Gasteiger partial charge in [0.1, 0.15) is 0 Å². The van der Waals surface area contributed by atoms with Gasteiger partial charge in [0.2, 0.25) is 6.33 Å². The topological polar surface area (TPSA) is 73.2 Å². The predicted octanol–water partition coefficient (Wildman–Crippen LogP) is -1.82. The number of nitrogens with zero attached hydrogens (tertiary/aromatic N) is 3. The van der Waals surface area contributed by atoms with Crippen LogP contribution in [0.4, 0.5) is 0 Å². The zero-order chi connectivity index (χ0) is 14.5. The minimum absolute atomic E-state index is 0. The maximum absolute atomic E-state index is 5.32. The van der Waals surface area contributed by atoms with E-state index in [0.717, 1.165) is 25.9 Å². The molecule has 1 aromatic carbocycles. The van der Waals surface area contributed by atoms with E-state index in [1.54, 1.807) is 0 Å². The third-order valence-electron chi connectivity index (χ3n) is 3.54. The number of aryl methyl sites for hydroxylation is 3. The molecule has 0 aliphatic heterocycles. The molecular formula is C15H24ClN5. The molecule has 0 aliphatic carbocycles. The Morgan fingerprint density at radius 3 is 2.67 bits per heavy atom. The van der Waals surface area contributed by atoms with Gasteiger partial charge in [-0.3, -0.25) is 4.99 Å². The van der Waals surface area contributed by atoms with Crippen LogP contribution in [0.15, 0.2) is 29.5 Å². The first kappa shape index (κ1) is 17.3. The number of hydrogen-bond donors (Lipinski definition) is 2. The van der Waals surface area contributed by atoms with Crippen molar-refractivity contribution in [3.05, 3.63) is 30.1 Å². The van der Waals surface area contributed by atoms with Gasteiger partial charge in [-0.05, 0) is 44.4 Å². The van der Waals surface area contributed by atoms with Crippen molar-refractivity contribution in [2.75, 3.05) is 6.54 Å². The molecule has 1 heterocycles. The lowest BCUT2D eigenvalue weighted by Gasteiger charge is -2.00. The second-order valence-corrected chi connectivity index (χ2v) is 4.92. The number of aromatic nitrogens is 2. The first-order valence-corrected chi connectivity index (χ1v) is 7.22. The van der Waals surface area contributed by atoms with E-state index in [1.165, 1.54) is 16.6 Å². The van der Waals surface area contributed by atoms with Gasteiger partial charge in [-0.25, -0.2) is 9.13 Å². The van der Waals surface area contributed by atoms with Crippen molar-refractivity contribution >= 4 is 17.0 Å². The number of fused-ring (bicyclic) bond motifs is 1. The molecule has 0 saturated heterocycles. The van der Waals surface area contributed by atoms with Crippen molar-refractivity contribution in [3.63, 3.8) is 0 Å². The molecular weight excluding hydrogens is 286 g/mol. The summed E-state index contributed by atoms with van der Waals surface area (Å²) in [5.74, 6) is 0.171. The molecule has 0 bridgehead atoms. The van der Waals surface area contributed by atoms with Gasteiger partial charge in [0.05, 0.1) is 13.1 Å². The van der Waals surface area contributed by atoms with Gasteiger partial charge in [0, 0.05) is 6.54 Å². The molecule has 2 aromatic rings. The summed E-state index contributed by atoms with van der Waals surface area (Å²) in [6.07, 6.45) is 4.14. The lowest BCUT2D eigenvalue weighted by molar-refractivity contribution is -0.668. The highest BCUT2D eigenvalue weighted by Crippen LogP contribution is 2.15. The SMILES string of the molecule is CCn1c[n+](CC)c2ccc(CCCN=C(N)N)cc21.[Cl-]. The number of halogens is 1. The van der Waals surface area contributed by atoms with Crippen molar-refractivity contribution in [1.29, 1.82) is 0 Å². The maximum Gasteiger partial charge on any atom is 0.244 e. The van der Waals surface area contributed by atoms with Crippen LogP contribution in [0, 0.1) is 0 Å². The van der Waals surface area contributed by atoms with Crippen LogP contribution in [0.3, 0.4) is 0 Å². The molecule has 4 N–H and O–H groups in total. The Hall–Kier alpha value is -1.75. The molecule has 116 valence electrons. The highest BCUT2D eigenvalue weighted by molar-refractivity contribution is 5.75. The minimum atomic E-state index is 0. The fourth-order valence-electron chi connectivity index (χ4n) is 2.49. The normalized spacial score (nSPS) is 10.4.